The minimum Gasteiger partial charge on any atom is -0.389 e. The maximum atomic E-state index is 13.6. The van der Waals surface area contributed by atoms with E-state index in [0.717, 1.165) is 18.9 Å². The van der Waals surface area contributed by atoms with Gasteiger partial charge in [-0.15, -0.1) is 0 Å². The first-order chi connectivity index (χ1) is 8.25. The zero-order chi connectivity index (χ0) is 13.6. The Morgan fingerprint density at radius 2 is 2.11 bits per heavy atom. The van der Waals surface area contributed by atoms with E-state index in [9.17, 15) is 12.8 Å². The number of thiocarbonyl (C=S) groups is 1. The molecule has 1 saturated carbocycles. The number of nitrogens with two attached hydrogens (primary N) is 1. The Morgan fingerprint density at radius 3 is 2.61 bits per heavy atom. The van der Waals surface area contributed by atoms with Crippen molar-refractivity contribution in [1.82, 2.24) is 4.72 Å². The van der Waals surface area contributed by atoms with Crippen LogP contribution in [0.4, 0.5) is 4.39 Å². The molecule has 2 rings (SSSR count). The molecule has 1 aliphatic rings. The molecule has 4 nitrogen and oxygen atoms in total. The molecule has 1 fully saturated rings. The van der Waals surface area contributed by atoms with Gasteiger partial charge in [-0.3, -0.25) is 0 Å². The molecule has 0 heterocycles. The summed E-state index contributed by atoms with van der Waals surface area (Å²) in [6.07, 6.45) is 1.54. The third-order valence-electron chi connectivity index (χ3n) is 2.89. The van der Waals surface area contributed by atoms with Crippen molar-refractivity contribution in [3.8, 4) is 0 Å². The van der Waals surface area contributed by atoms with Crippen LogP contribution < -0.4 is 10.5 Å². The van der Waals surface area contributed by atoms with Crippen molar-refractivity contribution in [2.45, 2.75) is 30.2 Å². The Hall–Kier alpha value is -1.05. The molecule has 0 spiro atoms. The Morgan fingerprint density at radius 1 is 1.50 bits per heavy atom. The number of rotatable bonds is 4. The molecule has 0 saturated heterocycles. The second kappa shape index (κ2) is 4.25. The van der Waals surface area contributed by atoms with Gasteiger partial charge in [-0.1, -0.05) is 18.3 Å². The molecule has 7 heteroatoms. The Labute approximate surface area is 110 Å². The maximum absolute atomic E-state index is 13.6. The van der Waals surface area contributed by atoms with Crippen LogP contribution in [0.3, 0.4) is 0 Å². The summed E-state index contributed by atoms with van der Waals surface area (Å²) >= 11 is 4.71. The van der Waals surface area contributed by atoms with Gasteiger partial charge in [0.15, 0.2) is 0 Å². The Bertz CT molecular complexity index is 609. The summed E-state index contributed by atoms with van der Waals surface area (Å²) < 4.78 is 40.5. The predicted molar refractivity (Wildman–Crippen MR) is 70.2 cm³/mol. The molecule has 1 aromatic rings. The van der Waals surface area contributed by atoms with Crippen LogP contribution in [0.25, 0.3) is 0 Å². The zero-order valence-corrected chi connectivity index (χ0v) is 11.4. The monoisotopic (exact) mass is 288 g/mol. The molecule has 98 valence electrons. The average molecular weight is 288 g/mol. The van der Waals surface area contributed by atoms with Gasteiger partial charge in [0.1, 0.15) is 10.8 Å². The van der Waals surface area contributed by atoms with E-state index < -0.39 is 21.4 Å². The molecular formula is C11H13FN2O2S2. The molecule has 1 aliphatic carbocycles. The number of halogens is 1. The molecular weight excluding hydrogens is 275 g/mol. The van der Waals surface area contributed by atoms with Gasteiger partial charge < -0.3 is 5.73 Å². The topological polar surface area (TPSA) is 72.2 Å². The summed E-state index contributed by atoms with van der Waals surface area (Å²) in [4.78, 5) is -0.474. The van der Waals surface area contributed by atoms with Crippen LogP contribution in [0.2, 0.25) is 0 Å². The van der Waals surface area contributed by atoms with E-state index in [1.165, 1.54) is 12.1 Å². The van der Waals surface area contributed by atoms with Gasteiger partial charge in [-0.05, 0) is 31.9 Å². The third kappa shape index (κ3) is 2.52. The fourth-order valence-corrected chi connectivity index (χ4v) is 3.61. The second-order valence-corrected chi connectivity index (χ2v) is 6.73. The summed E-state index contributed by atoms with van der Waals surface area (Å²) in [7, 11) is -3.81. The van der Waals surface area contributed by atoms with E-state index in [1.54, 1.807) is 6.92 Å². The number of hydrogen-bond acceptors (Lipinski definition) is 3. The summed E-state index contributed by atoms with van der Waals surface area (Å²) in [5.74, 6) is -0.730. The Kier molecular flexibility index (Phi) is 3.16. The zero-order valence-electron chi connectivity index (χ0n) is 9.73. The van der Waals surface area contributed by atoms with Gasteiger partial charge >= 0.3 is 0 Å². The lowest BCUT2D eigenvalue weighted by Gasteiger charge is -2.15. The van der Waals surface area contributed by atoms with Crippen LogP contribution in [0.5, 0.6) is 0 Å². The number of hydrogen-bond donors (Lipinski definition) is 2. The van der Waals surface area contributed by atoms with Gasteiger partial charge in [-0.2, -0.15) is 0 Å². The molecule has 0 bridgehead atoms. The lowest BCUT2D eigenvalue weighted by molar-refractivity contribution is 0.555. The molecule has 0 amide bonds. The van der Waals surface area contributed by atoms with Crippen molar-refractivity contribution >= 4 is 27.2 Å². The fourth-order valence-electron chi connectivity index (χ4n) is 1.64. The SMILES string of the molecule is CC1(NS(=O)(=O)c2cccc(F)c2C(N)=S)CC1. The first-order valence-corrected chi connectivity index (χ1v) is 7.27. The first kappa shape index (κ1) is 13.4. The third-order valence-corrected chi connectivity index (χ3v) is 4.78. The van der Waals surface area contributed by atoms with E-state index >= 15 is 0 Å². The van der Waals surface area contributed by atoms with Gasteiger partial charge in [0, 0.05) is 5.54 Å². The largest absolute Gasteiger partial charge is 0.389 e. The lowest BCUT2D eigenvalue weighted by atomic mass is 10.2. The Balaban J connectivity index is 2.50. The molecule has 0 atom stereocenters. The highest BCUT2D eigenvalue weighted by atomic mass is 32.2. The molecule has 0 aromatic heterocycles. The van der Waals surface area contributed by atoms with E-state index in [-0.39, 0.29) is 15.4 Å². The van der Waals surface area contributed by atoms with Crippen LogP contribution in [0.1, 0.15) is 25.3 Å². The van der Waals surface area contributed by atoms with E-state index in [4.69, 9.17) is 18.0 Å². The smallest absolute Gasteiger partial charge is 0.241 e. The molecule has 0 aliphatic heterocycles. The van der Waals surface area contributed by atoms with Gasteiger partial charge in [0.05, 0.1) is 10.5 Å². The normalized spacial score (nSPS) is 17.4. The second-order valence-electron chi connectivity index (χ2n) is 4.64. The molecule has 0 unspecified atom stereocenters. The van der Waals surface area contributed by atoms with Crippen LogP contribution in [-0.2, 0) is 10.0 Å². The van der Waals surface area contributed by atoms with E-state index in [0.29, 0.717) is 0 Å². The van der Waals surface area contributed by atoms with Crippen molar-refractivity contribution in [2.24, 2.45) is 5.73 Å². The minimum atomic E-state index is -3.81. The highest BCUT2D eigenvalue weighted by Gasteiger charge is 2.42. The van der Waals surface area contributed by atoms with Crippen LogP contribution in [-0.4, -0.2) is 18.9 Å². The van der Waals surface area contributed by atoms with E-state index in [2.05, 4.69) is 4.72 Å². The summed E-state index contributed by atoms with van der Waals surface area (Å²) in [6.45, 7) is 1.80. The quantitative estimate of drug-likeness (QED) is 0.819. The summed E-state index contributed by atoms with van der Waals surface area (Å²) in [6, 6.07) is 3.75. The van der Waals surface area contributed by atoms with Crippen molar-refractivity contribution in [3.63, 3.8) is 0 Å². The molecule has 3 N–H and O–H groups in total. The molecule has 1 aromatic carbocycles. The first-order valence-electron chi connectivity index (χ1n) is 5.37. The van der Waals surface area contributed by atoms with Crippen molar-refractivity contribution in [2.75, 3.05) is 0 Å². The minimum absolute atomic E-state index is 0.205. The van der Waals surface area contributed by atoms with Gasteiger partial charge in [0.2, 0.25) is 10.0 Å². The molecule has 18 heavy (non-hydrogen) atoms. The van der Waals surface area contributed by atoms with Crippen molar-refractivity contribution in [3.05, 3.63) is 29.6 Å². The van der Waals surface area contributed by atoms with Crippen LogP contribution >= 0.6 is 12.2 Å². The predicted octanol–water partition coefficient (Wildman–Crippen LogP) is 1.29. The van der Waals surface area contributed by atoms with Gasteiger partial charge in [0.25, 0.3) is 0 Å². The van der Waals surface area contributed by atoms with Crippen molar-refractivity contribution < 1.29 is 12.8 Å². The number of sulfonamides is 1. The standard InChI is InChI=1S/C11H13FN2O2S2/c1-11(5-6-11)14-18(15,16)8-4-2-3-7(12)9(8)10(13)17/h2-4,14H,5-6H2,1H3,(H2,13,17). The van der Waals surface area contributed by atoms with Gasteiger partial charge in [-0.25, -0.2) is 17.5 Å². The highest BCUT2D eigenvalue weighted by molar-refractivity contribution is 7.89. The highest BCUT2D eigenvalue weighted by Crippen LogP contribution is 2.36. The van der Waals surface area contributed by atoms with Crippen LogP contribution in [0, 0.1) is 5.82 Å². The van der Waals surface area contributed by atoms with E-state index in [1.807, 2.05) is 0 Å². The average Bonchev–Trinajstić information content (AvgIpc) is 2.93. The fraction of sp³-hybridized carbons (Fsp3) is 0.364. The van der Waals surface area contributed by atoms with Crippen molar-refractivity contribution in [1.29, 1.82) is 0 Å². The number of benzene rings is 1. The maximum Gasteiger partial charge on any atom is 0.241 e. The molecule has 0 radical (unpaired) electrons. The summed E-state index contributed by atoms with van der Waals surface area (Å²) in [5.41, 5.74) is 4.73. The lowest BCUT2D eigenvalue weighted by Crippen LogP contribution is -2.35. The van der Waals surface area contributed by atoms with Crippen LogP contribution in [0.15, 0.2) is 23.1 Å². The summed E-state index contributed by atoms with van der Waals surface area (Å²) in [5, 5.41) is 0. The number of nitrogens with one attached hydrogen (secondary N) is 1.